The van der Waals surface area contributed by atoms with Gasteiger partial charge >= 0.3 is 6.18 Å². The van der Waals surface area contributed by atoms with Crippen LogP contribution < -0.4 is 5.32 Å². The van der Waals surface area contributed by atoms with Crippen molar-refractivity contribution in [3.05, 3.63) is 59.7 Å². The Bertz CT molecular complexity index is 669. The van der Waals surface area contributed by atoms with Crippen LogP contribution in [0.15, 0.2) is 48.5 Å². The molecule has 2 aromatic rings. The average Bonchev–Trinajstić information content (AvgIpc) is 3.06. The lowest BCUT2D eigenvalue weighted by Crippen LogP contribution is -2.16. The quantitative estimate of drug-likeness (QED) is 0.858. The zero-order valence-corrected chi connectivity index (χ0v) is 13.8. The van der Waals surface area contributed by atoms with Gasteiger partial charge in [0.25, 0.3) is 0 Å². The second-order valence-electron chi connectivity index (χ2n) is 5.66. The Morgan fingerprint density at radius 2 is 1.88 bits per heavy atom. The minimum Gasteiger partial charge on any atom is -0.372 e. The SMILES string of the molecule is Cl.FC(F)(F)c1cccc(-c2ccccc2CO[C@H]2CCNC2)c1. The number of rotatable bonds is 4. The standard InChI is InChI=1S/C18H18F3NO.ClH/c19-18(20,21)15-6-3-5-13(10-15)17-7-2-1-4-14(17)12-23-16-8-9-22-11-16;/h1-7,10,16,22H,8-9,11-12H2;1H/t16-;/m0./s1. The summed E-state index contributed by atoms with van der Waals surface area (Å²) in [5.41, 5.74) is 1.61. The van der Waals surface area contributed by atoms with Gasteiger partial charge < -0.3 is 10.1 Å². The molecule has 1 aliphatic rings. The molecule has 1 aliphatic heterocycles. The maximum absolute atomic E-state index is 12.9. The number of alkyl halides is 3. The number of hydrogen-bond donors (Lipinski definition) is 1. The van der Waals surface area contributed by atoms with Crippen molar-refractivity contribution in [1.29, 1.82) is 0 Å². The van der Waals surface area contributed by atoms with E-state index in [2.05, 4.69) is 5.32 Å². The van der Waals surface area contributed by atoms with Crippen LogP contribution in [0.25, 0.3) is 11.1 Å². The van der Waals surface area contributed by atoms with Gasteiger partial charge in [0, 0.05) is 6.54 Å². The fraction of sp³-hybridized carbons (Fsp3) is 0.333. The smallest absolute Gasteiger partial charge is 0.372 e. The van der Waals surface area contributed by atoms with E-state index in [4.69, 9.17) is 4.74 Å². The Hall–Kier alpha value is -1.56. The molecule has 0 saturated carbocycles. The highest BCUT2D eigenvalue weighted by Crippen LogP contribution is 2.33. The lowest BCUT2D eigenvalue weighted by molar-refractivity contribution is -0.137. The summed E-state index contributed by atoms with van der Waals surface area (Å²) in [5, 5.41) is 3.23. The Balaban J connectivity index is 0.00000208. The fourth-order valence-electron chi connectivity index (χ4n) is 2.77. The van der Waals surface area contributed by atoms with Crippen molar-refractivity contribution in [2.24, 2.45) is 0 Å². The molecule has 0 amide bonds. The second kappa shape index (κ2) is 8.01. The maximum atomic E-state index is 12.9. The van der Waals surface area contributed by atoms with E-state index in [1.54, 1.807) is 6.07 Å². The van der Waals surface area contributed by atoms with Crippen molar-refractivity contribution in [3.8, 4) is 11.1 Å². The van der Waals surface area contributed by atoms with E-state index in [9.17, 15) is 13.2 Å². The normalized spacial score (nSPS) is 17.5. The van der Waals surface area contributed by atoms with Gasteiger partial charge in [-0.25, -0.2) is 0 Å². The molecule has 0 bridgehead atoms. The predicted octanol–water partition coefficient (Wildman–Crippen LogP) is 4.67. The van der Waals surface area contributed by atoms with Crippen LogP contribution >= 0.6 is 12.4 Å². The molecule has 0 radical (unpaired) electrons. The van der Waals surface area contributed by atoms with Crippen LogP contribution in [0.1, 0.15) is 17.5 Å². The number of ether oxygens (including phenoxy) is 1. The van der Waals surface area contributed by atoms with Gasteiger partial charge in [-0.2, -0.15) is 13.2 Å². The molecule has 24 heavy (non-hydrogen) atoms. The molecule has 0 aliphatic carbocycles. The number of nitrogens with one attached hydrogen (secondary N) is 1. The molecular formula is C18H19ClF3NO. The third-order valence-corrected chi connectivity index (χ3v) is 4.01. The molecule has 1 N–H and O–H groups in total. The molecule has 1 atom stereocenters. The van der Waals surface area contributed by atoms with Crippen LogP contribution in [0.5, 0.6) is 0 Å². The molecule has 0 spiro atoms. The van der Waals surface area contributed by atoms with Crippen molar-refractivity contribution in [1.82, 2.24) is 5.32 Å². The van der Waals surface area contributed by atoms with Gasteiger partial charge in [0.1, 0.15) is 0 Å². The minimum absolute atomic E-state index is 0. The van der Waals surface area contributed by atoms with E-state index < -0.39 is 11.7 Å². The highest BCUT2D eigenvalue weighted by Gasteiger charge is 2.30. The molecule has 2 nitrogen and oxygen atoms in total. The lowest BCUT2D eigenvalue weighted by atomic mass is 9.98. The van der Waals surface area contributed by atoms with Gasteiger partial charge in [0.05, 0.1) is 18.3 Å². The Kier molecular flexibility index (Phi) is 6.27. The number of benzene rings is 2. The van der Waals surface area contributed by atoms with Crippen molar-refractivity contribution in [2.45, 2.75) is 25.3 Å². The summed E-state index contributed by atoms with van der Waals surface area (Å²) < 4.78 is 44.6. The van der Waals surface area contributed by atoms with Crippen LogP contribution in [0.3, 0.4) is 0 Å². The summed E-state index contributed by atoms with van der Waals surface area (Å²) in [7, 11) is 0. The molecule has 0 aromatic heterocycles. The largest absolute Gasteiger partial charge is 0.416 e. The lowest BCUT2D eigenvalue weighted by Gasteiger charge is -2.15. The molecule has 2 aromatic carbocycles. The zero-order chi connectivity index (χ0) is 16.3. The van der Waals surface area contributed by atoms with Gasteiger partial charge in [-0.05, 0) is 41.8 Å². The fourth-order valence-corrected chi connectivity index (χ4v) is 2.77. The first-order valence-corrected chi connectivity index (χ1v) is 7.62. The third kappa shape index (κ3) is 4.50. The topological polar surface area (TPSA) is 21.3 Å². The Morgan fingerprint density at radius 1 is 1.08 bits per heavy atom. The summed E-state index contributed by atoms with van der Waals surface area (Å²) in [6.07, 6.45) is -3.20. The Labute approximate surface area is 145 Å². The molecular weight excluding hydrogens is 339 g/mol. The first-order chi connectivity index (χ1) is 11.0. The summed E-state index contributed by atoms with van der Waals surface area (Å²) in [5.74, 6) is 0. The molecule has 3 rings (SSSR count). The second-order valence-corrected chi connectivity index (χ2v) is 5.66. The molecule has 6 heteroatoms. The molecule has 1 heterocycles. The van der Waals surface area contributed by atoms with Crippen LogP contribution in [-0.4, -0.2) is 19.2 Å². The van der Waals surface area contributed by atoms with E-state index >= 15 is 0 Å². The van der Waals surface area contributed by atoms with Crippen molar-refractivity contribution < 1.29 is 17.9 Å². The minimum atomic E-state index is -4.34. The highest BCUT2D eigenvalue weighted by atomic mass is 35.5. The van der Waals surface area contributed by atoms with Gasteiger partial charge in [0.2, 0.25) is 0 Å². The van der Waals surface area contributed by atoms with Crippen LogP contribution in [0, 0.1) is 0 Å². The maximum Gasteiger partial charge on any atom is 0.416 e. The average molecular weight is 358 g/mol. The van der Waals surface area contributed by atoms with E-state index in [0.717, 1.165) is 36.7 Å². The number of hydrogen-bond acceptors (Lipinski definition) is 2. The van der Waals surface area contributed by atoms with Crippen molar-refractivity contribution in [3.63, 3.8) is 0 Å². The predicted molar refractivity (Wildman–Crippen MR) is 90.2 cm³/mol. The van der Waals surface area contributed by atoms with Gasteiger partial charge in [-0.3, -0.25) is 0 Å². The van der Waals surface area contributed by atoms with E-state index in [1.807, 2.05) is 24.3 Å². The van der Waals surface area contributed by atoms with Crippen LogP contribution in [-0.2, 0) is 17.5 Å². The van der Waals surface area contributed by atoms with E-state index in [-0.39, 0.29) is 18.5 Å². The molecule has 0 unspecified atom stereocenters. The Morgan fingerprint density at radius 3 is 2.58 bits per heavy atom. The van der Waals surface area contributed by atoms with E-state index in [0.29, 0.717) is 12.2 Å². The van der Waals surface area contributed by atoms with Gasteiger partial charge in [-0.1, -0.05) is 36.4 Å². The van der Waals surface area contributed by atoms with E-state index in [1.165, 1.54) is 12.1 Å². The van der Waals surface area contributed by atoms with Gasteiger partial charge in [0.15, 0.2) is 0 Å². The monoisotopic (exact) mass is 357 g/mol. The first kappa shape index (κ1) is 18.8. The summed E-state index contributed by atoms with van der Waals surface area (Å²) >= 11 is 0. The molecule has 1 saturated heterocycles. The highest BCUT2D eigenvalue weighted by molar-refractivity contribution is 5.85. The summed E-state index contributed by atoms with van der Waals surface area (Å²) in [6.45, 7) is 2.17. The van der Waals surface area contributed by atoms with Crippen molar-refractivity contribution in [2.75, 3.05) is 13.1 Å². The van der Waals surface area contributed by atoms with Crippen molar-refractivity contribution >= 4 is 12.4 Å². The molecule has 1 fully saturated rings. The molecule has 130 valence electrons. The van der Waals surface area contributed by atoms with Gasteiger partial charge in [-0.15, -0.1) is 12.4 Å². The third-order valence-electron chi connectivity index (χ3n) is 4.01. The summed E-state index contributed by atoms with van der Waals surface area (Å²) in [4.78, 5) is 0. The van der Waals surface area contributed by atoms with Crippen LogP contribution in [0.4, 0.5) is 13.2 Å². The first-order valence-electron chi connectivity index (χ1n) is 7.62. The number of halogens is 4. The zero-order valence-electron chi connectivity index (χ0n) is 13.0. The van der Waals surface area contributed by atoms with Crippen LogP contribution in [0.2, 0.25) is 0 Å². The summed E-state index contributed by atoms with van der Waals surface area (Å²) in [6, 6.07) is 12.9.